The smallest absolute Gasteiger partial charge is 0.240 e. The van der Waals surface area contributed by atoms with Crippen LogP contribution in [-0.4, -0.2) is 37.0 Å². The number of carbonyl (C=O) groups excluding carboxylic acids is 1. The van der Waals surface area contributed by atoms with Gasteiger partial charge < -0.3 is 10.3 Å². The molecule has 0 saturated heterocycles. The summed E-state index contributed by atoms with van der Waals surface area (Å²) >= 11 is 0. The Morgan fingerprint density at radius 1 is 1.42 bits per heavy atom. The van der Waals surface area contributed by atoms with Crippen molar-refractivity contribution >= 4 is 22.7 Å². The van der Waals surface area contributed by atoms with Crippen molar-refractivity contribution in [1.29, 1.82) is 5.26 Å². The number of aromatic amines is 1. The Labute approximate surface area is 149 Å². The maximum atomic E-state index is 12.1. The van der Waals surface area contributed by atoms with E-state index in [0.717, 1.165) is 41.9 Å². The van der Waals surface area contributed by atoms with E-state index in [2.05, 4.69) is 36.0 Å². The number of carbonyl (C=O) groups is 1. The van der Waals surface area contributed by atoms with Crippen molar-refractivity contribution in [2.45, 2.75) is 38.0 Å². The molecule has 0 unspecified atom stereocenters. The molecule has 0 aromatic carbocycles. The summed E-state index contributed by atoms with van der Waals surface area (Å²) in [6.07, 6.45) is 8.02. The molecule has 3 aromatic heterocycles. The molecule has 2 N–H and O–H groups in total. The lowest BCUT2D eigenvalue weighted by Gasteiger charge is -2.13. The number of nitrogens with one attached hydrogen (secondary N) is 2. The quantitative estimate of drug-likeness (QED) is 0.747. The third-order valence-corrected chi connectivity index (χ3v) is 5.82. The van der Waals surface area contributed by atoms with Gasteiger partial charge in [0.15, 0.2) is 11.3 Å². The number of nitrogens with zero attached hydrogens (tertiary/aromatic N) is 5. The molecule has 2 saturated carbocycles. The molecule has 8 heteroatoms. The molecule has 2 aliphatic rings. The summed E-state index contributed by atoms with van der Waals surface area (Å²) in [6, 6.07) is 4.14. The first-order valence-corrected chi connectivity index (χ1v) is 9.07. The summed E-state index contributed by atoms with van der Waals surface area (Å²) in [4.78, 5) is 19.6. The number of H-pyrrole nitrogens is 1. The Hall–Kier alpha value is -2.95. The van der Waals surface area contributed by atoms with E-state index in [9.17, 15) is 4.79 Å². The summed E-state index contributed by atoms with van der Waals surface area (Å²) < 4.78 is 2.08. The van der Waals surface area contributed by atoms with Gasteiger partial charge in [-0.1, -0.05) is 0 Å². The highest BCUT2D eigenvalue weighted by molar-refractivity contribution is 5.88. The summed E-state index contributed by atoms with van der Waals surface area (Å²) in [6.45, 7) is 0.636. The summed E-state index contributed by atoms with van der Waals surface area (Å²) in [5, 5.41) is 20.8. The molecule has 8 nitrogen and oxygen atoms in total. The predicted molar refractivity (Wildman–Crippen MR) is 93.0 cm³/mol. The van der Waals surface area contributed by atoms with Crippen molar-refractivity contribution in [1.82, 2.24) is 29.9 Å². The fourth-order valence-electron chi connectivity index (χ4n) is 4.08. The Balaban J connectivity index is 1.32. The molecule has 1 amide bonds. The van der Waals surface area contributed by atoms with Gasteiger partial charge in [-0.15, -0.1) is 10.2 Å². The van der Waals surface area contributed by atoms with Crippen LogP contribution in [0.5, 0.6) is 0 Å². The first kappa shape index (κ1) is 15.3. The normalized spacial score (nSPS) is 24.0. The van der Waals surface area contributed by atoms with Crippen LogP contribution in [-0.2, 0) is 4.79 Å². The lowest BCUT2D eigenvalue weighted by atomic mass is 10.0. The van der Waals surface area contributed by atoms with Crippen LogP contribution < -0.4 is 5.32 Å². The molecule has 5 rings (SSSR count). The molecule has 0 radical (unpaired) electrons. The van der Waals surface area contributed by atoms with Crippen LogP contribution in [0.1, 0.15) is 43.8 Å². The number of hydrogen-bond donors (Lipinski definition) is 2. The Morgan fingerprint density at radius 3 is 3.12 bits per heavy atom. The fourth-order valence-corrected chi connectivity index (χ4v) is 4.08. The third-order valence-electron chi connectivity index (χ3n) is 5.82. The van der Waals surface area contributed by atoms with Crippen LogP contribution >= 0.6 is 0 Å². The lowest BCUT2D eigenvalue weighted by Crippen LogP contribution is -2.34. The zero-order valence-electron chi connectivity index (χ0n) is 14.3. The number of hydrogen-bond acceptors (Lipinski definition) is 5. The van der Waals surface area contributed by atoms with Gasteiger partial charge in [-0.25, -0.2) is 4.98 Å². The minimum atomic E-state index is -0.742. The van der Waals surface area contributed by atoms with Crippen LogP contribution in [0.3, 0.4) is 0 Å². The second-order valence-corrected chi connectivity index (χ2v) is 7.50. The first-order valence-electron chi connectivity index (χ1n) is 9.07. The number of rotatable bonds is 4. The molecule has 2 aliphatic carbocycles. The van der Waals surface area contributed by atoms with Gasteiger partial charge >= 0.3 is 0 Å². The molecular weight excluding hydrogens is 330 g/mol. The van der Waals surface area contributed by atoms with Crippen molar-refractivity contribution in [2.24, 2.45) is 11.3 Å². The molecule has 3 heterocycles. The maximum absolute atomic E-state index is 12.1. The number of nitriles is 1. The van der Waals surface area contributed by atoms with E-state index >= 15 is 0 Å². The van der Waals surface area contributed by atoms with E-state index in [1.54, 1.807) is 6.20 Å². The molecule has 26 heavy (non-hydrogen) atoms. The van der Waals surface area contributed by atoms with E-state index < -0.39 is 5.41 Å². The average molecular weight is 349 g/mol. The van der Waals surface area contributed by atoms with Crippen LogP contribution in [0.4, 0.5) is 0 Å². The Morgan fingerprint density at radius 2 is 2.31 bits per heavy atom. The van der Waals surface area contributed by atoms with Gasteiger partial charge in [-0.3, -0.25) is 9.20 Å². The van der Waals surface area contributed by atoms with Gasteiger partial charge in [0, 0.05) is 18.7 Å². The van der Waals surface area contributed by atoms with E-state index in [0.29, 0.717) is 31.2 Å². The van der Waals surface area contributed by atoms with Crippen LogP contribution in [0.25, 0.3) is 16.8 Å². The largest absolute Gasteiger partial charge is 0.354 e. The third kappa shape index (κ3) is 2.27. The minimum absolute atomic E-state index is 0.100. The van der Waals surface area contributed by atoms with E-state index in [1.807, 2.05) is 12.3 Å². The van der Waals surface area contributed by atoms with Gasteiger partial charge in [-0.2, -0.15) is 5.26 Å². The molecular formula is C18H19N7O. The molecule has 2 fully saturated rings. The standard InChI is InChI=1S/C18H19N7O/c19-10-18(4-5-18)17(26)22-8-11-1-2-12(7-11)16-24-23-14-9-21-15-13(25(14)16)3-6-20-15/h3,6,9,11-12,20H,1-2,4-5,7-8H2,(H,22,26)/t11-,12-/m1/s1. The van der Waals surface area contributed by atoms with E-state index in [-0.39, 0.29) is 5.91 Å². The van der Waals surface area contributed by atoms with Gasteiger partial charge in [0.25, 0.3) is 0 Å². The minimum Gasteiger partial charge on any atom is -0.354 e. The average Bonchev–Trinajstić information content (AvgIpc) is 3.03. The van der Waals surface area contributed by atoms with Crippen molar-refractivity contribution in [2.75, 3.05) is 6.54 Å². The number of aromatic nitrogens is 5. The van der Waals surface area contributed by atoms with E-state index in [4.69, 9.17) is 5.26 Å². The second kappa shape index (κ2) is 5.53. The van der Waals surface area contributed by atoms with Crippen molar-refractivity contribution in [3.8, 4) is 6.07 Å². The fraction of sp³-hybridized carbons (Fsp3) is 0.500. The molecule has 0 bridgehead atoms. The van der Waals surface area contributed by atoms with Crippen molar-refractivity contribution < 1.29 is 4.79 Å². The highest BCUT2D eigenvalue weighted by atomic mass is 16.2. The molecule has 2 atom stereocenters. The summed E-state index contributed by atoms with van der Waals surface area (Å²) in [5.41, 5.74) is 1.83. The summed E-state index contributed by atoms with van der Waals surface area (Å²) in [5.74, 6) is 1.60. The Bertz CT molecular complexity index is 1040. The molecule has 0 aliphatic heterocycles. The van der Waals surface area contributed by atoms with Crippen LogP contribution in [0.2, 0.25) is 0 Å². The zero-order valence-corrected chi connectivity index (χ0v) is 14.3. The van der Waals surface area contributed by atoms with Gasteiger partial charge in [0.05, 0.1) is 17.8 Å². The van der Waals surface area contributed by atoms with Gasteiger partial charge in [0.1, 0.15) is 11.2 Å². The first-order chi connectivity index (χ1) is 12.7. The van der Waals surface area contributed by atoms with Crippen molar-refractivity contribution in [3.63, 3.8) is 0 Å². The van der Waals surface area contributed by atoms with Gasteiger partial charge in [0.2, 0.25) is 5.91 Å². The van der Waals surface area contributed by atoms with Gasteiger partial charge in [-0.05, 0) is 44.1 Å². The zero-order chi connectivity index (χ0) is 17.7. The SMILES string of the molecule is N#CC1(C(=O)NC[C@@H]2CC[C@@H](c3nnc4cnc5[nH]ccc5n34)C2)CC1. The molecule has 3 aromatic rings. The number of amides is 1. The topological polar surface area (TPSA) is 112 Å². The number of fused-ring (bicyclic) bond motifs is 3. The monoisotopic (exact) mass is 349 g/mol. The molecule has 132 valence electrons. The van der Waals surface area contributed by atoms with Crippen molar-refractivity contribution in [3.05, 3.63) is 24.3 Å². The highest BCUT2D eigenvalue weighted by Gasteiger charge is 2.50. The Kier molecular flexibility index (Phi) is 3.26. The highest BCUT2D eigenvalue weighted by Crippen LogP contribution is 2.45. The van der Waals surface area contributed by atoms with Crippen LogP contribution in [0, 0.1) is 22.7 Å². The summed E-state index contributed by atoms with van der Waals surface area (Å²) in [7, 11) is 0. The maximum Gasteiger partial charge on any atom is 0.240 e. The van der Waals surface area contributed by atoms with E-state index in [1.165, 1.54) is 0 Å². The second-order valence-electron chi connectivity index (χ2n) is 7.50. The van der Waals surface area contributed by atoms with Crippen LogP contribution in [0.15, 0.2) is 18.5 Å². The lowest BCUT2D eigenvalue weighted by molar-refractivity contribution is -0.124. The predicted octanol–water partition coefficient (Wildman–Crippen LogP) is 1.91. The molecule has 0 spiro atoms.